The van der Waals surface area contributed by atoms with Crippen LogP contribution in [0.15, 0.2) is 77.6 Å². The third-order valence-electron chi connectivity index (χ3n) is 6.70. The topological polar surface area (TPSA) is 76.5 Å². The number of urea groups is 1. The van der Waals surface area contributed by atoms with Gasteiger partial charge in [0, 0.05) is 12.2 Å². The predicted octanol–water partition coefficient (Wildman–Crippen LogP) is 6.73. The number of hydrogen-bond acceptors (Lipinski definition) is 4. The van der Waals surface area contributed by atoms with Crippen molar-refractivity contribution in [3.63, 3.8) is 0 Å². The molecule has 0 aliphatic carbocycles. The molecule has 38 heavy (non-hydrogen) atoms. The molecule has 4 rings (SSSR count). The second-order valence-electron chi connectivity index (χ2n) is 9.90. The summed E-state index contributed by atoms with van der Waals surface area (Å²) >= 11 is 0. The number of nitrogens with zero attached hydrogens (tertiary/aromatic N) is 3. The summed E-state index contributed by atoms with van der Waals surface area (Å²) in [5.41, 5.74) is 2.83. The van der Waals surface area contributed by atoms with Gasteiger partial charge in [0.25, 0.3) is 5.56 Å². The summed E-state index contributed by atoms with van der Waals surface area (Å²) in [6.07, 6.45) is 1.38. The number of benzene rings is 3. The van der Waals surface area contributed by atoms with Crippen molar-refractivity contribution in [1.82, 2.24) is 14.5 Å². The Balaban J connectivity index is 1.89. The van der Waals surface area contributed by atoms with Crippen molar-refractivity contribution in [3.05, 3.63) is 94.5 Å². The zero-order chi connectivity index (χ0) is 27.2. The standard InChI is InChI=1S/C31H36N4O3/c1-6-26(34(20-19-21(2)3)31(37)32-23-17-15-22(4)16-18-23)29-33-25-12-8-7-11-24(25)30(36)35(29)27-13-9-10-14-28(27)38-5/h7-18,21,26H,6,19-20H2,1-5H3,(H,32,37). The van der Waals surface area contributed by atoms with Gasteiger partial charge in [-0.25, -0.2) is 9.78 Å². The Morgan fingerprint density at radius 2 is 1.71 bits per heavy atom. The van der Waals surface area contributed by atoms with Gasteiger partial charge in [0.05, 0.1) is 29.7 Å². The number of aromatic nitrogens is 2. The lowest BCUT2D eigenvalue weighted by Gasteiger charge is -2.33. The van der Waals surface area contributed by atoms with Crippen molar-refractivity contribution in [1.29, 1.82) is 0 Å². The molecule has 7 heteroatoms. The lowest BCUT2D eigenvalue weighted by molar-refractivity contribution is 0.176. The summed E-state index contributed by atoms with van der Waals surface area (Å²) in [7, 11) is 1.58. The van der Waals surface area contributed by atoms with Gasteiger partial charge in [-0.1, -0.05) is 62.7 Å². The van der Waals surface area contributed by atoms with E-state index in [1.807, 2.05) is 85.5 Å². The highest BCUT2D eigenvalue weighted by Gasteiger charge is 2.30. The van der Waals surface area contributed by atoms with Gasteiger partial charge in [0.15, 0.2) is 0 Å². The molecule has 0 fully saturated rings. The van der Waals surface area contributed by atoms with E-state index in [-0.39, 0.29) is 11.6 Å². The van der Waals surface area contributed by atoms with Gasteiger partial charge in [-0.15, -0.1) is 0 Å². The average Bonchev–Trinajstić information content (AvgIpc) is 2.92. The Kier molecular flexibility index (Phi) is 8.46. The van der Waals surface area contributed by atoms with E-state index in [1.165, 1.54) is 0 Å². The van der Waals surface area contributed by atoms with Gasteiger partial charge < -0.3 is 15.0 Å². The molecule has 0 spiro atoms. The fraction of sp³-hybridized carbons (Fsp3) is 0.323. The van der Waals surface area contributed by atoms with Gasteiger partial charge in [0.2, 0.25) is 0 Å². The highest BCUT2D eigenvalue weighted by molar-refractivity contribution is 5.89. The van der Waals surface area contributed by atoms with E-state index < -0.39 is 6.04 Å². The maximum Gasteiger partial charge on any atom is 0.322 e. The molecule has 4 aromatic rings. The van der Waals surface area contributed by atoms with E-state index in [4.69, 9.17) is 9.72 Å². The predicted molar refractivity (Wildman–Crippen MR) is 153 cm³/mol. The third kappa shape index (κ3) is 5.72. The van der Waals surface area contributed by atoms with Gasteiger partial charge in [-0.2, -0.15) is 0 Å². The first-order chi connectivity index (χ1) is 18.3. The van der Waals surface area contributed by atoms with Crippen LogP contribution < -0.4 is 15.6 Å². The summed E-state index contributed by atoms with van der Waals surface area (Å²) in [6.45, 7) is 8.81. The fourth-order valence-corrected chi connectivity index (χ4v) is 4.59. The molecule has 1 heterocycles. The van der Waals surface area contributed by atoms with Crippen LogP contribution in [0.5, 0.6) is 5.75 Å². The Labute approximate surface area is 224 Å². The van der Waals surface area contributed by atoms with Gasteiger partial charge in [0.1, 0.15) is 11.6 Å². The summed E-state index contributed by atoms with van der Waals surface area (Å²) in [5.74, 6) is 1.45. The molecule has 3 aromatic carbocycles. The van der Waals surface area contributed by atoms with E-state index in [2.05, 4.69) is 19.2 Å². The van der Waals surface area contributed by atoms with Crippen LogP contribution in [-0.4, -0.2) is 34.1 Å². The second-order valence-corrected chi connectivity index (χ2v) is 9.90. The summed E-state index contributed by atoms with van der Waals surface area (Å²) < 4.78 is 7.24. The Morgan fingerprint density at radius 1 is 1.03 bits per heavy atom. The number of hydrogen-bond donors (Lipinski definition) is 1. The molecule has 1 aromatic heterocycles. The van der Waals surface area contributed by atoms with Crippen LogP contribution in [0.3, 0.4) is 0 Å². The number of carbonyl (C=O) groups is 1. The molecule has 0 saturated carbocycles. The molecule has 7 nitrogen and oxygen atoms in total. The second kappa shape index (κ2) is 11.9. The maximum atomic E-state index is 14.0. The highest BCUT2D eigenvalue weighted by Crippen LogP contribution is 2.30. The number of amides is 2. The first-order valence-corrected chi connectivity index (χ1v) is 13.1. The molecule has 1 atom stereocenters. The van der Waals surface area contributed by atoms with Crippen molar-refractivity contribution >= 4 is 22.6 Å². The molecule has 1 N–H and O–H groups in total. The summed E-state index contributed by atoms with van der Waals surface area (Å²) in [6, 6.07) is 21.8. The van der Waals surface area contributed by atoms with E-state index >= 15 is 0 Å². The van der Waals surface area contributed by atoms with Crippen molar-refractivity contribution in [3.8, 4) is 11.4 Å². The number of methoxy groups -OCH3 is 1. The number of fused-ring (bicyclic) bond motifs is 1. The first-order valence-electron chi connectivity index (χ1n) is 13.1. The van der Waals surface area contributed by atoms with Crippen molar-refractivity contribution in [2.75, 3.05) is 19.0 Å². The number of anilines is 1. The average molecular weight is 513 g/mol. The van der Waals surface area contributed by atoms with Crippen molar-refractivity contribution in [2.45, 2.75) is 46.6 Å². The lowest BCUT2D eigenvalue weighted by Crippen LogP contribution is -2.41. The number of rotatable bonds is 9. The maximum absolute atomic E-state index is 14.0. The molecule has 0 aliphatic rings. The van der Waals surface area contributed by atoms with Crippen molar-refractivity contribution < 1.29 is 9.53 Å². The van der Waals surface area contributed by atoms with Gasteiger partial charge >= 0.3 is 6.03 Å². The number of aryl methyl sites for hydroxylation is 1. The molecule has 1 unspecified atom stereocenters. The Bertz CT molecular complexity index is 1460. The quantitative estimate of drug-likeness (QED) is 0.270. The molecular formula is C31H36N4O3. The molecule has 0 bridgehead atoms. The monoisotopic (exact) mass is 512 g/mol. The van der Waals surface area contributed by atoms with Crippen LogP contribution in [0, 0.1) is 12.8 Å². The van der Waals surface area contributed by atoms with Crippen LogP contribution in [0.25, 0.3) is 16.6 Å². The van der Waals surface area contributed by atoms with Crippen LogP contribution in [0.4, 0.5) is 10.5 Å². The minimum atomic E-state index is -0.457. The van der Waals surface area contributed by atoms with E-state index in [0.29, 0.717) is 47.0 Å². The SMILES string of the molecule is CCC(c1nc2ccccc2c(=O)n1-c1ccccc1OC)N(CCC(C)C)C(=O)Nc1ccc(C)cc1. The van der Waals surface area contributed by atoms with Crippen LogP contribution in [0.1, 0.15) is 51.0 Å². The minimum absolute atomic E-state index is 0.198. The Hall–Kier alpha value is -4.13. The number of carbonyl (C=O) groups excluding carboxylic acids is 1. The largest absolute Gasteiger partial charge is 0.495 e. The van der Waals surface area contributed by atoms with E-state index in [1.54, 1.807) is 17.7 Å². The van der Waals surface area contributed by atoms with Crippen LogP contribution in [0.2, 0.25) is 0 Å². The first kappa shape index (κ1) is 26.9. The highest BCUT2D eigenvalue weighted by atomic mass is 16.5. The molecule has 0 saturated heterocycles. The molecular weight excluding hydrogens is 476 g/mol. The summed E-state index contributed by atoms with van der Waals surface area (Å²) in [4.78, 5) is 34.5. The number of ether oxygens (including phenoxy) is 1. The molecule has 0 aliphatic heterocycles. The van der Waals surface area contributed by atoms with Gasteiger partial charge in [-0.3, -0.25) is 9.36 Å². The minimum Gasteiger partial charge on any atom is -0.495 e. The van der Waals surface area contributed by atoms with E-state index in [9.17, 15) is 9.59 Å². The van der Waals surface area contributed by atoms with Crippen LogP contribution in [-0.2, 0) is 0 Å². The number of nitrogens with one attached hydrogen (secondary N) is 1. The molecule has 2 amide bonds. The molecule has 0 radical (unpaired) electrons. The van der Waals surface area contributed by atoms with Crippen molar-refractivity contribution in [2.24, 2.45) is 5.92 Å². The smallest absolute Gasteiger partial charge is 0.322 e. The van der Waals surface area contributed by atoms with Gasteiger partial charge in [-0.05, 0) is 62.1 Å². The zero-order valence-electron chi connectivity index (χ0n) is 22.8. The Morgan fingerprint density at radius 3 is 2.39 bits per heavy atom. The van der Waals surface area contributed by atoms with E-state index in [0.717, 1.165) is 17.7 Å². The normalized spacial score (nSPS) is 11.9. The fourth-order valence-electron chi connectivity index (χ4n) is 4.59. The lowest BCUT2D eigenvalue weighted by atomic mass is 10.1. The third-order valence-corrected chi connectivity index (χ3v) is 6.70. The van der Waals surface area contributed by atoms with Crippen LogP contribution >= 0.6 is 0 Å². The summed E-state index contributed by atoms with van der Waals surface area (Å²) in [5, 5.41) is 3.57. The number of para-hydroxylation sites is 3. The molecule has 198 valence electrons. The zero-order valence-corrected chi connectivity index (χ0v) is 22.8.